The molecule has 24 heavy (non-hydrogen) atoms. The van der Waals surface area contributed by atoms with Gasteiger partial charge in [-0.2, -0.15) is 0 Å². The molecule has 1 saturated heterocycles. The van der Waals surface area contributed by atoms with E-state index in [4.69, 9.17) is 4.74 Å². The molecular formula is C16H28N2O6. The highest BCUT2D eigenvalue weighted by molar-refractivity contribution is 5.84. The lowest BCUT2D eigenvalue weighted by molar-refractivity contribution is -0.153. The van der Waals surface area contributed by atoms with Crippen molar-refractivity contribution in [1.29, 1.82) is 0 Å². The van der Waals surface area contributed by atoms with E-state index in [-0.39, 0.29) is 31.8 Å². The SMILES string of the molecule is COC(=O)C(CC(C)C)NCC[C@]1(C(=O)O)CCCCN1C(=O)O. The first-order chi connectivity index (χ1) is 11.2. The highest BCUT2D eigenvalue weighted by Crippen LogP contribution is 2.31. The Kier molecular flexibility index (Phi) is 7.47. The number of carbonyl (C=O) groups is 3. The van der Waals surface area contributed by atoms with Crippen molar-refractivity contribution in [2.45, 2.75) is 57.5 Å². The van der Waals surface area contributed by atoms with Gasteiger partial charge in [-0.15, -0.1) is 0 Å². The highest BCUT2D eigenvalue weighted by Gasteiger charge is 2.48. The molecule has 1 amide bonds. The van der Waals surface area contributed by atoms with E-state index in [2.05, 4.69) is 5.32 Å². The number of hydrogen-bond acceptors (Lipinski definition) is 5. The molecule has 0 bridgehead atoms. The lowest BCUT2D eigenvalue weighted by Gasteiger charge is -2.42. The third-order valence-corrected chi connectivity index (χ3v) is 4.49. The Bertz CT molecular complexity index is 467. The van der Waals surface area contributed by atoms with Crippen LogP contribution in [0.3, 0.4) is 0 Å². The molecule has 1 aliphatic heterocycles. The monoisotopic (exact) mass is 344 g/mol. The number of hydrogen-bond donors (Lipinski definition) is 3. The van der Waals surface area contributed by atoms with Gasteiger partial charge in [0.25, 0.3) is 0 Å². The molecule has 138 valence electrons. The van der Waals surface area contributed by atoms with Crippen molar-refractivity contribution < 1.29 is 29.3 Å². The summed E-state index contributed by atoms with van der Waals surface area (Å²) in [5.74, 6) is -1.27. The predicted molar refractivity (Wildman–Crippen MR) is 86.8 cm³/mol. The summed E-state index contributed by atoms with van der Waals surface area (Å²) < 4.78 is 4.77. The molecule has 0 radical (unpaired) electrons. The molecule has 0 aromatic rings. The Morgan fingerprint density at radius 1 is 1.25 bits per heavy atom. The number of amides is 1. The van der Waals surface area contributed by atoms with E-state index < -0.39 is 29.6 Å². The van der Waals surface area contributed by atoms with Crippen LogP contribution in [0, 0.1) is 5.92 Å². The first kappa shape index (κ1) is 20.2. The van der Waals surface area contributed by atoms with Crippen LogP contribution in [0.1, 0.15) is 46.0 Å². The van der Waals surface area contributed by atoms with Gasteiger partial charge in [-0.05, 0) is 44.6 Å². The zero-order chi connectivity index (χ0) is 18.3. The standard InChI is InChI=1S/C16H28N2O6/c1-11(2)10-12(13(19)24-3)17-8-7-16(14(20)21)6-4-5-9-18(16)15(22)23/h11-12,17H,4-10H2,1-3H3,(H,20,21)(H,22,23)/t12?,16-/m0/s1. The molecule has 1 unspecified atom stereocenters. The molecular weight excluding hydrogens is 316 g/mol. The van der Waals surface area contributed by atoms with Gasteiger partial charge in [-0.3, -0.25) is 9.69 Å². The van der Waals surface area contributed by atoms with E-state index >= 15 is 0 Å². The van der Waals surface area contributed by atoms with Crippen LogP contribution in [0.5, 0.6) is 0 Å². The molecule has 0 aliphatic carbocycles. The second-order valence-corrected chi connectivity index (χ2v) is 6.64. The summed E-state index contributed by atoms with van der Waals surface area (Å²) in [5, 5.41) is 22.0. The lowest BCUT2D eigenvalue weighted by atomic mass is 9.83. The minimum Gasteiger partial charge on any atom is -0.479 e. The van der Waals surface area contributed by atoms with Gasteiger partial charge in [0.2, 0.25) is 0 Å². The van der Waals surface area contributed by atoms with Gasteiger partial charge in [-0.1, -0.05) is 13.8 Å². The number of carboxylic acid groups (broad SMARTS) is 2. The third-order valence-electron chi connectivity index (χ3n) is 4.49. The number of carbonyl (C=O) groups excluding carboxylic acids is 1. The zero-order valence-corrected chi connectivity index (χ0v) is 14.6. The predicted octanol–water partition coefficient (Wildman–Crippen LogP) is 1.54. The number of nitrogens with one attached hydrogen (secondary N) is 1. The molecule has 1 heterocycles. The van der Waals surface area contributed by atoms with E-state index in [1.54, 1.807) is 0 Å². The van der Waals surface area contributed by atoms with E-state index in [0.717, 1.165) is 4.90 Å². The fourth-order valence-corrected chi connectivity index (χ4v) is 3.23. The average molecular weight is 344 g/mol. The largest absolute Gasteiger partial charge is 0.479 e. The second kappa shape index (κ2) is 8.86. The summed E-state index contributed by atoms with van der Waals surface area (Å²) in [6.07, 6.45) is 1.07. The maximum absolute atomic E-state index is 11.8. The van der Waals surface area contributed by atoms with Crippen molar-refractivity contribution in [3.8, 4) is 0 Å². The van der Waals surface area contributed by atoms with Crippen molar-refractivity contribution >= 4 is 18.0 Å². The fourth-order valence-electron chi connectivity index (χ4n) is 3.23. The number of esters is 1. The summed E-state index contributed by atoms with van der Waals surface area (Å²) in [7, 11) is 1.31. The van der Waals surface area contributed by atoms with Crippen molar-refractivity contribution in [2.75, 3.05) is 20.2 Å². The quantitative estimate of drug-likeness (QED) is 0.572. The summed E-state index contributed by atoms with van der Waals surface area (Å²) in [5.41, 5.74) is -1.43. The maximum Gasteiger partial charge on any atom is 0.408 e. The Morgan fingerprint density at radius 2 is 1.92 bits per heavy atom. The summed E-state index contributed by atoms with van der Waals surface area (Å²) in [4.78, 5) is 36.1. The fraction of sp³-hybridized carbons (Fsp3) is 0.812. The van der Waals surface area contributed by atoms with Gasteiger partial charge in [0, 0.05) is 6.54 Å². The van der Waals surface area contributed by atoms with E-state index in [1.165, 1.54) is 7.11 Å². The summed E-state index contributed by atoms with van der Waals surface area (Å²) in [6.45, 7) is 4.39. The molecule has 0 aromatic carbocycles. The molecule has 3 N–H and O–H groups in total. The van der Waals surface area contributed by atoms with Crippen LogP contribution in [-0.2, 0) is 14.3 Å². The Hall–Kier alpha value is -1.83. The van der Waals surface area contributed by atoms with Crippen LogP contribution in [-0.4, -0.2) is 64.9 Å². The number of aliphatic carboxylic acids is 1. The first-order valence-corrected chi connectivity index (χ1v) is 8.29. The van der Waals surface area contributed by atoms with Crippen molar-refractivity contribution in [3.63, 3.8) is 0 Å². The maximum atomic E-state index is 11.8. The average Bonchev–Trinajstić information content (AvgIpc) is 2.52. The molecule has 1 rings (SSSR count). The molecule has 0 aromatic heterocycles. The number of carboxylic acids is 1. The van der Waals surface area contributed by atoms with Gasteiger partial charge in [0.1, 0.15) is 11.6 Å². The van der Waals surface area contributed by atoms with Crippen molar-refractivity contribution in [2.24, 2.45) is 5.92 Å². The van der Waals surface area contributed by atoms with Crippen molar-refractivity contribution in [3.05, 3.63) is 0 Å². The molecule has 2 atom stereocenters. The van der Waals surface area contributed by atoms with Crippen LogP contribution < -0.4 is 5.32 Å². The topological polar surface area (TPSA) is 116 Å². The minimum absolute atomic E-state index is 0.111. The van der Waals surface area contributed by atoms with E-state index in [0.29, 0.717) is 19.3 Å². The minimum atomic E-state index is -1.43. The zero-order valence-electron chi connectivity index (χ0n) is 14.6. The van der Waals surface area contributed by atoms with Gasteiger partial charge >= 0.3 is 18.0 Å². The normalized spacial score (nSPS) is 22.2. The molecule has 1 fully saturated rings. The number of methoxy groups -OCH3 is 1. The molecule has 8 heteroatoms. The molecule has 0 spiro atoms. The Balaban J connectivity index is 2.80. The number of nitrogens with zero attached hydrogens (tertiary/aromatic N) is 1. The van der Waals surface area contributed by atoms with E-state index in [9.17, 15) is 24.6 Å². The number of ether oxygens (including phenoxy) is 1. The second-order valence-electron chi connectivity index (χ2n) is 6.64. The van der Waals surface area contributed by atoms with Crippen LogP contribution >= 0.6 is 0 Å². The number of rotatable bonds is 8. The van der Waals surface area contributed by atoms with Gasteiger partial charge in [-0.25, -0.2) is 9.59 Å². The van der Waals surface area contributed by atoms with Crippen LogP contribution in [0.25, 0.3) is 0 Å². The van der Waals surface area contributed by atoms with Crippen LogP contribution in [0.2, 0.25) is 0 Å². The third kappa shape index (κ3) is 4.83. The Morgan fingerprint density at radius 3 is 2.42 bits per heavy atom. The summed E-state index contributed by atoms with van der Waals surface area (Å²) >= 11 is 0. The lowest BCUT2D eigenvalue weighted by Crippen LogP contribution is -2.60. The molecule has 0 saturated carbocycles. The van der Waals surface area contributed by atoms with Crippen molar-refractivity contribution in [1.82, 2.24) is 10.2 Å². The highest BCUT2D eigenvalue weighted by atomic mass is 16.5. The van der Waals surface area contributed by atoms with E-state index in [1.807, 2.05) is 13.8 Å². The van der Waals surface area contributed by atoms with Gasteiger partial charge in [0.15, 0.2) is 0 Å². The number of piperidine rings is 1. The smallest absolute Gasteiger partial charge is 0.408 e. The van der Waals surface area contributed by atoms with Crippen LogP contribution in [0.15, 0.2) is 0 Å². The Labute approximate surface area is 142 Å². The number of likely N-dealkylation sites (tertiary alicyclic amines) is 1. The van der Waals surface area contributed by atoms with Crippen LogP contribution in [0.4, 0.5) is 4.79 Å². The molecule has 1 aliphatic rings. The summed E-state index contributed by atoms with van der Waals surface area (Å²) in [6, 6.07) is -0.525. The van der Waals surface area contributed by atoms with Gasteiger partial charge < -0.3 is 20.3 Å². The molecule has 8 nitrogen and oxygen atoms in total. The first-order valence-electron chi connectivity index (χ1n) is 8.29. The van der Waals surface area contributed by atoms with Gasteiger partial charge in [0.05, 0.1) is 7.11 Å².